The molecule has 4 aromatic rings. The maximum absolute atomic E-state index is 6.15. The summed E-state index contributed by atoms with van der Waals surface area (Å²) < 4.78 is 10.7. The van der Waals surface area contributed by atoms with E-state index in [9.17, 15) is 0 Å². The van der Waals surface area contributed by atoms with E-state index in [0.29, 0.717) is 0 Å². The molecule has 0 aromatic heterocycles. The lowest BCUT2D eigenvalue weighted by Gasteiger charge is -2.30. The molecule has 0 amide bonds. The van der Waals surface area contributed by atoms with Crippen molar-refractivity contribution < 1.29 is 9.47 Å². The zero-order valence-electron chi connectivity index (χ0n) is 20.0. The topological polar surface area (TPSA) is 34.1 Å². The van der Waals surface area contributed by atoms with Crippen molar-refractivity contribution in [3.05, 3.63) is 113 Å². The van der Waals surface area contributed by atoms with Gasteiger partial charge in [-0.15, -0.1) is 0 Å². The van der Waals surface area contributed by atoms with Crippen molar-refractivity contribution in [1.82, 2.24) is 0 Å². The molecule has 0 spiro atoms. The fraction of sp³-hybridized carbons (Fsp3) is 0.167. The van der Waals surface area contributed by atoms with Crippen LogP contribution in [0.25, 0.3) is 11.1 Å². The molecule has 0 fully saturated rings. The van der Waals surface area contributed by atoms with E-state index >= 15 is 0 Å². The number of nitrogens with zero attached hydrogens (tertiary/aromatic N) is 2. The number of hydrogen-bond donors (Lipinski definition) is 0. The van der Waals surface area contributed by atoms with E-state index in [1.807, 2.05) is 48.5 Å². The summed E-state index contributed by atoms with van der Waals surface area (Å²) in [6.07, 6.45) is -0.145. The Morgan fingerprint density at radius 1 is 0.657 bits per heavy atom. The van der Waals surface area contributed by atoms with Crippen molar-refractivity contribution in [3.8, 4) is 22.6 Å². The van der Waals surface area contributed by atoms with Gasteiger partial charge in [0, 0.05) is 10.7 Å². The number of methoxy groups -OCH3 is 2. The highest BCUT2D eigenvalue weighted by molar-refractivity contribution is 6.30. The molecule has 176 valence electrons. The first-order valence-corrected chi connectivity index (χ1v) is 12.0. The summed E-state index contributed by atoms with van der Waals surface area (Å²) in [5.74, 6) is 1.68. The number of benzene rings is 4. The Hall–Kier alpha value is -3.76. The molecule has 0 N–H and O–H groups in total. The van der Waals surface area contributed by atoms with Gasteiger partial charge in [0.25, 0.3) is 0 Å². The molecule has 4 aromatic carbocycles. The summed E-state index contributed by atoms with van der Waals surface area (Å²) in [7, 11) is 3.36. The standard InChI is InChI=1S/C30H27ClN2O2/c1-20-29(23-4-12-25(31)13-5-23)32-30(24-10-18-28(35-3)19-11-24)33(20)26-14-6-21(7-15-26)22-8-16-27(34-2)17-9-22/h4-20,30H,1-3H3. The Balaban J connectivity index is 1.51. The lowest BCUT2D eigenvalue weighted by atomic mass is 10.0. The fourth-order valence-corrected chi connectivity index (χ4v) is 4.69. The van der Waals surface area contributed by atoms with Crippen LogP contribution in [-0.2, 0) is 0 Å². The normalized spacial score (nSPS) is 17.3. The summed E-state index contributed by atoms with van der Waals surface area (Å²) in [4.78, 5) is 7.56. The first-order chi connectivity index (χ1) is 17.1. The zero-order chi connectivity index (χ0) is 24.4. The van der Waals surface area contributed by atoms with Crippen molar-refractivity contribution in [3.63, 3.8) is 0 Å². The van der Waals surface area contributed by atoms with Gasteiger partial charge in [-0.25, -0.2) is 0 Å². The third-order valence-corrected chi connectivity index (χ3v) is 6.73. The Morgan fingerprint density at radius 2 is 1.14 bits per heavy atom. The molecule has 0 aliphatic carbocycles. The van der Waals surface area contributed by atoms with E-state index in [1.165, 1.54) is 0 Å². The van der Waals surface area contributed by atoms with Crippen LogP contribution in [0.4, 0.5) is 5.69 Å². The summed E-state index contributed by atoms with van der Waals surface area (Å²) in [5.41, 5.74) is 6.66. The second-order valence-electron chi connectivity index (χ2n) is 8.53. The van der Waals surface area contributed by atoms with Crippen LogP contribution in [0.2, 0.25) is 5.02 Å². The van der Waals surface area contributed by atoms with E-state index in [-0.39, 0.29) is 12.2 Å². The minimum atomic E-state index is -0.145. The Kier molecular flexibility index (Phi) is 6.47. The molecular formula is C30H27ClN2O2. The maximum atomic E-state index is 6.15. The maximum Gasteiger partial charge on any atom is 0.148 e. The van der Waals surface area contributed by atoms with Crippen molar-refractivity contribution in [2.75, 3.05) is 19.1 Å². The van der Waals surface area contributed by atoms with Gasteiger partial charge >= 0.3 is 0 Å². The zero-order valence-corrected chi connectivity index (χ0v) is 20.7. The molecule has 0 saturated heterocycles. The van der Waals surface area contributed by atoms with Crippen LogP contribution in [-0.4, -0.2) is 26.0 Å². The van der Waals surface area contributed by atoms with E-state index in [1.54, 1.807) is 14.2 Å². The van der Waals surface area contributed by atoms with Gasteiger partial charge < -0.3 is 14.4 Å². The van der Waals surface area contributed by atoms with E-state index in [4.69, 9.17) is 26.1 Å². The van der Waals surface area contributed by atoms with Gasteiger partial charge in [0.1, 0.15) is 17.7 Å². The predicted octanol–water partition coefficient (Wildman–Crippen LogP) is 7.42. The second kappa shape index (κ2) is 9.85. The lowest BCUT2D eigenvalue weighted by molar-refractivity contribution is 0.414. The molecule has 35 heavy (non-hydrogen) atoms. The minimum Gasteiger partial charge on any atom is -0.497 e. The highest BCUT2D eigenvalue weighted by atomic mass is 35.5. The first kappa shape index (κ1) is 23.0. The number of hydrogen-bond acceptors (Lipinski definition) is 4. The van der Waals surface area contributed by atoms with Crippen molar-refractivity contribution in [1.29, 1.82) is 0 Å². The molecule has 4 nitrogen and oxygen atoms in total. The first-order valence-electron chi connectivity index (χ1n) is 11.6. The van der Waals surface area contributed by atoms with E-state index in [0.717, 1.165) is 50.2 Å². The fourth-order valence-electron chi connectivity index (χ4n) is 4.57. The molecule has 1 aliphatic rings. The SMILES string of the molecule is COc1ccc(-c2ccc(N3C(C)C(c4ccc(Cl)cc4)=NC3c3ccc(OC)cc3)cc2)cc1. The van der Waals surface area contributed by atoms with Gasteiger partial charge in [0.15, 0.2) is 0 Å². The molecule has 0 bridgehead atoms. The van der Waals surface area contributed by atoms with Gasteiger partial charge in [-0.05, 0) is 77.7 Å². The highest BCUT2D eigenvalue weighted by Crippen LogP contribution is 2.38. The Labute approximate surface area is 211 Å². The third-order valence-electron chi connectivity index (χ3n) is 6.48. The monoisotopic (exact) mass is 482 g/mol. The summed E-state index contributed by atoms with van der Waals surface area (Å²) in [6.45, 7) is 2.20. The number of halogens is 1. The van der Waals surface area contributed by atoms with E-state index in [2.05, 4.69) is 60.4 Å². The molecule has 2 atom stereocenters. The third kappa shape index (κ3) is 4.62. The summed E-state index contributed by atoms with van der Waals surface area (Å²) in [6, 6.07) is 32.9. The summed E-state index contributed by atoms with van der Waals surface area (Å²) in [5, 5.41) is 0.720. The smallest absolute Gasteiger partial charge is 0.148 e. The van der Waals surface area contributed by atoms with Crippen LogP contribution >= 0.6 is 11.6 Å². The molecule has 5 rings (SSSR count). The predicted molar refractivity (Wildman–Crippen MR) is 144 cm³/mol. The lowest BCUT2D eigenvalue weighted by Crippen LogP contribution is -2.35. The van der Waals surface area contributed by atoms with Gasteiger partial charge in [-0.3, -0.25) is 4.99 Å². The van der Waals surface area contributed by atoms with Crippen LogP contribution in [0.1, 0.15) is 24.2 Å². The van der Waals surface area contributed by atoms with Crippen LogP contribution in [0.5, 0.6) is 11.5 Å². The van der Waals surface area contributed by atoms with Crippen LogP contribution in [0, 0.1) is 0 Å². The van der Waals surface area contributed by atoms with Crippen LogP contribution in [0.15, 0.2) is 102 Å². The van der Waals surface area contributed by atoms with Crippen molar-refractivity contribution in [2.45, 2.75) is 19.1 Å². The Morgan fingerprint density at radius 3 is 1.69 bits per heavy atom. The second-order valence-corrected chi connectivity index (χ2v) is 8.96. The summed E-state index contributed by atoms with van der Waals surface area (Å²) >= 11 is 6.15. The van der Waals surface area contributed by atoms with Crippen molar-refractivity contribution in [2.24, 2.45) is 4.99 Å². The van der Waals surface area contributed by atoms with Gasteiger partial charge in [-0.1, -0.05) is 60.1 Å². The van der Waals surface area contributed by atoms with Gasteiger partial charge in [0.05, 0.1) is 26.0 Å². The largest absolute Gasteiger partial charge is 0.497 e. The van der Waals surface area contributed by atoms with Gasteiger partial charge in [-0.2, -0.15) is 0 Å². The van der Waals surface area contributed by atoms with Crippen LogP contribution < -0.4 is 14.4 Å². The number of anilines is 1. The highest BCUT2D eigenvalue weighted by Gasteiger charge is 2.35. The molecule has 0 saturated carbocycles. The average Bonchev–Trinajstić information content (AvgIpc) is 3.26. The molecule has 1 aliphatic heterocycles. The van der Waals surface area contributed by atoms with Crippen LogP contribution in [0.3, 0.4) is 0 Å². The quantitative estimate of drug-likeness (QED) is 0.286. The molecule has 5 heteroatoms. The van der Waals surface area contributed by atoms with Gasteiger partial charge in [0.2, 0.25) is 0 Å². The number of rotatable bonds is 6. The Bertz CT molecular complexity index is 1320. The molecule has 0 radical (unpaired) electrons. The van der Waals surface area contributed by atoms with E-state index < -0.39 is 0 Å². The average molecular weight is 483 g/mol. The van der Waals surface area contributed by atoms with Crippen molar-refractivity contribution >= 4 is 23.0 Å². The minimum absolute atomic E-state index is 0.0788. The molecule has 2 unspecified atom stereocenters. The number of aliphatic imine (C=N–C) groups is 1. The number of ether oxygens (including phenoxy) is 2. The molecular weight excluding hydrogens is 456 g/mol. The molecule has 1 heterocycles.